The molecule has 4 rings (SSSR count). The molecule has 1 aromatic carbocycles. The van der Waals surface area contributed by atoms with Crippen LogP contribution in [0.4, 0.5) is 0 Å². The molecule has 0 spiro atoms. The number of carbonyl (C=O) groups excluding carboxylic acids is 1. The fourth-order valence-corrected chi connectivity index (χ4v) is 3.06. The number of carbonyl (C=O) groups is 1. The molecule has 0 bridgehead atoms. The van der Waals surface area contributed by atoms with E-state index >= 15 is 0 Å². The number of H-pyrrole nitrogens is 1. The summed E-state index contributed by atoms with van der Waals surface area (Å²) in [5.74, 6) is 0.352. The van der Waals surface area contributed by atoms with E-state index in [-0.39, 0.29) is 18.4 Å². The van der Waals surface area contributed by atoms with Gasteiger partial charge in [-0.3, -0.25) is 0 Å². The second-order valence-corrected chi connectivity index (χ2v) is 6.69. The molecule has 8 heteroatoms. The van der Waals surface area contributed by atoms with Crippen LogP contribution in [0.1, 0.15) is 27.5 Å². The molecule has 0 aliphatic carbocycles. The van der Waals surface area contributed by atoms with Crippen LogP contribution in [-0.4, -0.2) is 21.2 Å². The number of aromatic nitrogens is 3. The number of hydrogen-bond donors (Lipinski definition) is 1. The van der Waals surface area contributed by atoms with Crippen LogP contribution in [0.5, 0.6) is 0 Å². The molecule has 0 saturated carbocycles. The van der Waals surface area contributed by atoms with Crippen LogP contribution in [0, 0.1) is 13.8 Å². The van der Waals surface area contributed by atoms with Gasteiger partial charge in [-0.05, 0) is 65.2 Å². The van der Waals surface area contributed by atoms with Crippen molar-refractivity contribution in [2.75, 3.05) is 0 Å². The molecule has 4 aromatic rings. The Bertz CT molecular complexity index is 1110. The Labute approximate surface area is 156 Å². The zero-order valence-electron chi connectivity index (χ0n) is 14.0. The Kier molecular flexibility index (Phi) is 4.12. The van der Waals surface area contributed by atoms with E-state index in [1.165, 1.54) is 0 Å². The van der Waals surface area contributed by atoms with Crippen molar-refractivity contribution in [1.82, 2.24) is 15.2 Å². The van der Waals surface area contributed by atoms with E-state index in [0.29, 0.717) is 16.1 Å². The summed E-state index contributed by atoms with van der Waals surface area (Å²) >= 11 is 3.21. The molecule has 3 aromatic heterocycles. The number of fused-ring (bicyclic) bond motifs is 1. The normalized spacial score (nSPS) is 11.2. The average Bonchev–Trinajstić information content (AvgIpc) is 3.31. The molecule has 0 fully saturated rings. The van der Waals surface area contributed by atoms with Crippen LogP contribution < -0.4 is 0 Å². The number of ether oxygens (including phenoxy) is 1. The third kappa shape index (κ3) is 3.15. The van der Waals surface area contributed by atoms with Crippen molar-refractivity contribution in [2.24, 2.45) is 0 Å². The molecule has 0 aliphatic rings. The van der Waals surface area contributed by atoms with Crippen molar-refractivity contribution in [3.8, 4) is 11.7 Å². The van der Waals surface area contributed by atoms with Gasteiger partial charge in [0.1, 0.15) is 5.69 Å². The lowest BCUT2D eigenvalue weighted by Gasteiger charge is -1.99. The lowest BCUT2D eigenvalue weighted by molar-refractivity contribution is 0.0433. The second kappa shape index (κ2) is 6.45. The Balaban J connectivity index is 1.47. The highest BCUT2D eigenvalue weighted by Gasteiger charge is 2.16. The molecule has 0 atom stereocenters. The number of halogens is 1. The maximum absolute atomic E-state index is 12.3. The van der Waals surface area contributed by atoms with Gasteiger partial charge in [0, 0.05) is 10.9 Å². The number of nitrogens with zero attached hydrogens (tertiary/aromatic N) is 2. The van der Waals surface area contributed by atoms with Gasteiger partial charge in [-0.1, -0.05) is 6.07 Å². The van der Waals surface area contributed by atoms with Crippen LogP contribution in [0.15, 0.2) is 43.8 Å². The summed E-state index contributed by atoms with van der Waals surface area (Å²) in [6.45, 7) is 3.89. The topological polar surface area (TPSA) is 94.2 Å². The summed E-state index contributed by atoms with van der Waals surface area (Å²) in [5, 5.41) is 8.72. The first-order valence-corrected chi connectivity index (χ1v) is 8.64. The second-order valence-electron chi connectivity index (χ2n) is 5.91. The van der Waals surface area contributed by atoms with Crippen LogP contribution >= 0.6 is 15.9 Å². The van der Waals surface area contributed by atoms with Gasteiger partial charge in [0.25, 0.3) is 11.8 Å². The van der Waals surface area contributed by atoms with E-state index in [4.69, 9.17) is 13.6 Å². The Morgan fingerprint density at radius 3 is 2.81 bits per heavy atom. The first kappa shape index (κ1) is 16.6. The van der Waals surface area contributed by atoms with Crippen molar-refractivity contribution in [2.45, 2.75) is 20.5 Å². The number of esters is 1. The zero-order chi connectivity index (χ0) is 18.3. The maximum atomic E-state index is 12.3. The van der Waals surface area contributed by atoms with Gasteiger partial charge in [0.15, 0.2) is 17.0 Å². The summed E-state index contributed by atoms with van der Waals surface area (Å²) in [7, 11) is 0. The molecule has 7 nitrogen and oxygen atoms in total. The number of hydrogen-bond acceptors (Lipinski definition) is 6. The fraction of sp³-hybridized carbons (Fsp3) is 0.167. The van der Waals surface area contributed by atoms with Crippen molar-refractivity contribution in [1.29, 1.82) is 0 Å². The van der Waals surface area contributed by atoms with Gasteiger partial charge in [-0.15, -0.1) is 10.2 Å². The minimum absolute atomic E-state index is 0.124. The number of nitrogens with one attached hydrogen (secondary N) is 1. The van der Waals surface area contributed by atoms with Gasteiger partial charge in [-0.25, -0.2) is 4.79 Å². The van der Waals surface area contributed by atoms with Gasteiger partial charge in [-0.2, -0.15) is 0 Å². The zero-order valence-corrected chi connectivity index (χ0v) is 15.6. The van der Waals surface area contributed by atoms with Crippen molar-refractivity contribution in [3.63, 3.8) is 0 Å². The fourth-order valence-electron chi connectivity index (χ4n) is 2.76. The van der Waals surface area contributed by atoms with Crippen LogP contribution in [0.25, 0.3) is 22.6 Å². The molecule has 132 valence electrons. The maximum Gasteiger partial charge on any atom is 0.355 e. The Morgan fingerprint density at radius 1 is 1.19 bits per heavy atom. The number of aromatic amines is 1. The molecule has 1 N–H and O–H groups in total. The predicted molar refractivity (Wildman–Crippen MR) is 96.6 cm³/mol. The van der Waals surface area contributed by atoms with Gasteiger partial charge in [0.2, 0.25) is 0 Å². The minimum Gasteiger partial charge on any atom is -0.451 e. The largest absolute Gasteiger partial charge is 0.451 e. The highest BCUT2D eigenvalue weighted by Crippen LogP contribution is 2.24. The van der Waals surface area contributed by atoms with Gasteiger partial charge < -0.3 is 18.6 Å². The standard InChI is InChI=1S/C18H14BrN3O4/c1-9-5-10(2)11-7-13(20-12(11)6-9)18(23)24-8-16-21-22-17(26-16)14-3-4-15(19)25-14/h3-7,20H,8H2,1-2H3. The molecular weight excluding hydrogens is 402 g/mol. The van der Waals surface area contributed by atoms with E-state index in [1.807, 2.05) is 19.9 Å². The molecule has 26 heavy (non-hydrogen) atoms. The Morgan fingerprint density at radius 2 is 2.04 bits per heavy atom. The number of benzene rings is 1. The number of furan rings is 1. The summed E-state index contributed by atoms with van der Waals surface area (Å²) in [6.07, 6.45) is 0. The third-order valence-corrected chi connectivity index (χ3v) is 4.31. The van der Waals surface area contributed by atoms with Crippen molar-refractivity contribution in [3.05, 3.63) is 57.7 Å². The van der Waals surface area contributed by atoms with E-state index in [2.05, 4.69) is 37.2 Å². The van der Waals surface area contributed by atoms with E-state index in [9.17, 15) is 4.79 Å². The van der Waals surface area contributed by atoms with Gasteiger partial charge >= 0.3 is 5.97 Å². The molecule has 0 aliphatic heterocycles. The van der Waals surface area contributed by atoms with Crippen LogP contribution in [0.3, 0.4) is 0 Å². The van der Waals surface area contributed by atoms with Crippen molar-refractivity contribution < 1.29 is 18.4 Å². The molecule has 0 unspecified atom stereocenters. The number of aryl methyl sites for hydroxylation is 2. The number of rotatable bonds is 4. The average molecular weight is 416 g/mol. The summed E-state index contributed by atoms with van der Waals surface area (Å²) in [4.78, 5) is 15.4. The SMILES string of the molecule is Cc1cc(C)c2cc(C(=O)OCc3nnc(-c4ccc(Br)o4)o3)[nH]c2c1. The minimum atomic E-state index is -0.487. The van der Waals surface area contributed by atoms with Gasteiger partial charge in [0.05, 0.1) is 0 Å². The third-order valence-electron chi connectivity index (χ3n) is 3.89. The first-order valence-electron chi connectivity index (χ1n) is 7.85. The van der Waals surface area contributed by atoms with Crippen LogP contribution in [-0.2, 0) is 11.3 Å². The quantitative estimate of drug-likeness (QED) is 0.491. The molecule has 0 saturated heterocycles. The summed E-state index contributed by atoms with van der Waals surface area (Å²) in [5.41, 5.74) is 3.50. The van der Waals surface area contributed by atoms with Crippen molar-refractivity contribution >= 4 is 32.8 Å². The smallest absolute Gasteiger partial charge is 0.355 e. The summed E-state index contributed by atoms with van der Waals surface area (Å²) < 4.78 is 16.6. The summed E-state index contributed by atoms with van der Waals surface area (Å²) in [6, 6.07) is 9.26. The van der Waals surface area contributed by atoms with E-state index < -0.39 is 5.97 Å². The predicted octanol–water partition coefficient (Wildman–Crippen LogP) is 4.55. The van der Waals surface area contributed by atoms with Crippen LogP contribution in [0.2, 0.25) is 0 Å². The van der Waals surface area contributed by atoms with E-state index in [1.54, 1.807) is 18.2 Å². The molecule has 0 radical (unpaired) electrons. The molecular formula is C18H14BrN3O4. The lowest BCUT2D eigenvalue weighted by atomic mass is 10.1. The monoisotopic (exact) mass is 415 g/mol. The Hall–Kier alpha value is -2.87. The highest BCUT2D eigenvalue weighted by molar-refractivity contribution is 9.10. The highest BCUT2D eigenvalue weighted by atomic mass is 79.9. The molecule has 3 heterocycles. The molecule has 0 amide bonds. The van der Waals surface area contributed by atoms with E-state index in [0.717, 1.165) is 22.0 Å². The first-order chi connectivity index (χ1) is 12.5. The lowest BCUT2D eigenvalue weighted by Crippen LogP contribution is -2.05.